The number of H-pyrrole nitrogens is 1. The quantitative estimate of drug-likeness (QED) is 0.699. The van der Waals surface area contributed by atoms with Gasteiger partial charge in [0, 0.05) is 17.5 Å². The monoisotopic (exact) mass is 338 g/mol. The molecule has 1 heterocycles. The van der Waals surface area contributed by atoms with E-state index in [-0.39, 0.29) is 5.56 Å². The highest BCUT2D eigenvalue weighted by Gasteiger charge is 2.20. The molecule has 0 aliphatic rings. The molecule has 0 spiro atoms. The Balaban J connectivity index is 2.10. The van der Waals surface area contributed by atoms with Gasteiger partial charge in [0.1, 0.15) is 11.3 Å². The molecule has 6 nitrogen and oxygen atoms in total. The van der Waals surface area contributed by atoms with E-state index < -0.39 is 11.5 Å². The Kier molecular flexibility index (Phi) is 4.70. The minimum Gasteiger partial charge on any atom is -0.496 e. The molecule has 0 fully saturated rings. The van der Waals surface area contributed by atoms with E-state index >= 15 is 0 Å². The van der Waals surface area contributed by atoms with Gasteiger partial charge in [-0.05, 0) is 12.1 Å². The van der Waals surface area contributed by atoms with Crippen molar-refractivity contribution in [3.05, 3.63) is 70.0 Å². The predicted octanol–water partition coefficient (Wildman–Crippen LogP) is 2.94. The van der Waals surface area contributed by atoms with Crippen LogP contribution in [0.4, 0.5) is 5.69 Å². The van der Waals surface area contributed by atoms with E-state index in [0.29, 0.717) is 17.7 Å². The van der Waals surface area contributed by atoms with Crippen LogP contribution in [0.1, 0.15) is 15.9 Å². The lowest BCUT2D eigenvalue weighted by Gasteiger charge is -2.15. The molecule has 3 rings (SSSR count). The van der Waals surface area contributed by atoms with Crippen LogP contribution in [0, 0.1) is 0 Å². The number of para-hydroxylation sites is 2. The molecule has 0 saturated heterocycles. The second-order valence-electron chi connectivity index (χ2n) is 5.41. The Bertz CT molecular complexity index is 979. The molecule has 25 heavy (non-hydrogen) atoms. The zero-order chi connectivity index (χ0) is 17.8. The van der Waals surface area contributed by atoms with Crippen molar-refractivity contribution in [2.24, 2.45) is 0 Å². The molecule has 0 atom stereocenters. The number of methoxy groups -OCH3 is 2. The summed E-state index contributed by atoms with van der Waals surface area (Å²) in [5.41, 5.74) is 1.45. The SMILES string of the molecule is COC(=O)c1c(NCc2ccccc2OC)c2ccccc2[nH]c1=O. The number of benzene rings is 2. The first-order chi connectivity index (χ1) is 12.2. The van der Waals surface area contributed by atoms with Crippen LogP contribution in [-0.2, 0) is 11.3 Å². The van der Waals surface area contributed by atoms with Gasteiger partial charge in [0.2, 0.25) is 0 Å². The first kappa shape index (κ1) is 16.6. The van der Waals surface area contributed by atoms with Gasteiger partial charge in [0.05, 0.1) is 25.4 Å². The number of aromatic amines is 1. The number of fused-ring (bicyclic) bond motifs is 1. The number of nitrogens with one attached hydrogen (secondary N) is 2. The van der Waals surface area contributed by atoms with E-state index in [1.165, 1.54) is 7.11 Å². The molecule has 2 N–H and O–H groups in total. The maximum absolute atomic E-state index is 12.4. The normalized spacial score (nSPS) is 10.5. The van der Waals surface area contributed by atoms with Crippen molar-refractivity contribution in [3.63, 3.8) is 0 Å². The number of aromatic nitrogens is 1. The summed E-state index contributed by atoms with van der Waals surface area (Å²) in [5.74, 6) is 0.0401. The molecule has 0 saturated carbocycles. The molecule has 0 amide bonds. The molecule has 0 bridgehead atoms. The number of hydrogen-bond acceptors (Lipinski definition) is 5. The topological polar surface area (TPSA) is 80.4 Å². The fraction of sp³-hybridized carbons (Fsp3) is 0.158. The Morgan fingerprint density at radius 3 is 2.56 bits per heavy atom. The van der Waals surface area contributed by atoms with Crippen molar-refractivity contribution in [1.82, 2.24) is 4.98 Å². The summed E-state index contributed by atoms with van der Waals surface area (Å²) >= 11 is 0. The van der Waals surface area contributed by atoms with Gasteiger partial charge in [0.15, 0.2) is 0 Å². The third-order valence-electron chi connectivity index (χ3n) is 3.96. The maximum atomic E-state index is 12.4. The average Bonchev–Trinajstić information content (AvgIpc) is 2.65. The number of carbonyl (C=O) groups excluding carboxylic acids is 1. The lowest BCUT2D eigenvalue weighted by Crippen LogP contribution is -2.22. The van der Waals surface area contributed by atoms with E-state index in [4.69, 9.17) is 9.47 Å². The van der Waals surface area contributed by atoms with E-state index in [2.05, 4.69) is 10.3 Å². The number of ether oxygens (including phenoxy) is 2. The van der Waals surface area contributed by atoms with Crippen molar-refractivity contribution in [3.8, 4) is 5.75 Å². The Morgan fingerprint density at radius 2 is 1.80 bits per heavy atom. The summed E-state index contributed by atoms with van der Waals surface area (Å²) in [7, 11) is 2.85. The molecule has 6 heteroatoms. The van der Waals surface area contributed by atoms with Crippen LogP contribution in [0.5, 0.6) is 5.75 Å². The van der Waals surface area contributed by atoms with E-state index in [9.17, 15) is 9.59 Å². The van der Waals surface area contributed by atoms with Gasteiger partial charge < -0.3 is 19.8 Å². The van der Waals surface area contributed by atoms with Crippen LogP contribution in [0.2, 0.25) is 0 Å². The van der Waals surface area contributed by atoms with Gasteiger partial charge in [-0.2, -0.15) is 0 Å². The average molecular weight is 338 g/mol. The molecule has 0 unspecified atom stereocenters. The highest BCUT2D eigenvalue weighted by atomic mass is 16.5. The molecule has 2 aromatic carbocycles. The maximum Gasteiger partial charge on any atom is 0.345 e. The molecule has 0 aliphatic carbocycles. The summed E-state index contributed by atoms with van der Waals surface area (Å²) in [6.45, 7) is 0.390. The number of carbonyl (C=O) groups is 1. The number of rotatable bonds is 5. The van der Waals surface area contributed by atoms with E-state index in [0.717, 1.165) is 16.7 Å². The van der Waals surface area contributed by atoms with Crippen LogP contribution in [0.15, 0.2) is 53.3 Å². The van der Waals surface area contributed by atoms with E-state index in [1.54, 1.807) is 13.2 Å². The number of hydrogen-bond donors (Lipinski definition) is 2. The fourth-order valence-electron chi connectivity index (χ4n) is 2.76. The highest BCUT2D eigenvalue weighted by molar-refractivity contribution is 6.04. The van der Waals surface area contributed by atoms with Gasteiger partial charge in [-0.25, -0.2) is 4.79 Å². The fourth-order valence-corrected chi connectivity index (χ4v) is 2.76. The second-order valence-corrected chi connectivity index (χ2v) is 5.41. The summed E-state index contributed by atoms with van der Waals surface area (Å²) < 4.78 is 10.1. The zero-order valence-corrected chi connectivity index (χ0v) is 14.0. The van der Waals surface area contributed by atoms with Gasteiger partial charge in [-0.3, -0.25) is 4.79 Å². The lowest BCUT2D eigenvalue weighted by molar-refractivity contribution is 0.0600. The molecular weight excluding hydrogens is 320 g/mol. The van der Waals surface area contributed by atoms with Crippen molar-refractivity contribution in [2.45, 2.75) is 6.54 Å². The Labute approximate surface area is 144 Å². The van der Waals surface area contributed by atoms with Crippen LogP contribution >= 0.6 is 0 Å². The van der Waals surface area contributed by atoms with Crippen molar-refractivity contribution in [1.29, 1.82) is 0 Å². The number of pyridine rings is 1. The zero-order valence-electron chi connectivity index (χ0n) is 14.0. The van der Waals surface area contributed by atoms with Crippen LogP contribution < -0.4 is 15.6 Å². The smallest absolute Gasteiger partial charge is 0.345 e. The van der Waals surface area contributed by atoms with Crippen LogP contribution in [0.3, 0.4) is 0 Å². The standard InChI is InChI=1S/C19H18N2O4/c1-24-15-10-6-3-7-12(15)11-20-17-13-8-4-5-9-14(13)21-18(22)16(17)19(23)25-2/h3-10H,11H2,1-2H3,(H2,20,21,22). The molecule has 128 valence electrons. The summed E-state index contributed by atoms with van der Waals surface area (Å²) in [4.78, 5) is 27.2. The first-order valence-corrected chi connectivity index (χ1v) is 7.74. The molecule has 0 radical (unpaired) electrons. The largest absolute Gasteiger partial charge is 0.496 e. The minimum absolute atomic E-state index is 0.0453. The molecular formula is C19H18N2O4. The second kappa shape index (κ2) is 7.09. The van der Waals surface area contributed by atoms with Gasteiger partial charge in [-0.1, -0.05) is 36.4 Å². The van der Waals surface area contributed by atoms with E-state index in [1.807, 2.05) is 42.5 Å². The Morgan fingerprint density at radius 1 is 1.08 bits per heavy atom. The highest BCUT2D eigenvalue weighted by Crippen LogP contribution is 2.26. The van der Waals surface area contributed by atoms with Crippen LogP contribution in [0.25, 0.3) is 10.9 Å². The third-order valence-corrected chi connectivity index (χ3v) is 3.96. The van der Waals surface area contributed by atoms with Gasteiger partial charge in [0.25, 0.3) is 5.56 Å². The van der Waals surface area contributed by atoms with Crippen molar-refractivity contribution < 1.29 is 14.3 Å². The number of anilines is 1. The predicted molar refractivity (Wildman–Crippen MR) is 96.2 cm³/mol. The van der Waals surface area contributed by atoms with Crippen LogP contribution in [-0.4, -0.2) is 25.2 Å². The summed E-state index contributed by atoms with van der Waals surface area (Å²) in [6, 6.07) is 14.8. The van der Waals surface area contributed by atoms with Crippen molar-refractivity contribution >= 4 is 22.6 Å². The summed E-state index contributed by atoms with van der Waals surface area (Å²) in [6.07, 6.45) is 0. The lowest BCUT2D eigenvalue weighted by atomic mass is 10.1. The summed E-state index contributed by atoms with van der Waals surface area (Å²) in [5, 5.41) is 3.94. The van der Waals surface area contributed by atoms with Crippen molar-refractivity contribution in [2.75, 3.05) is 19.5 Å². The number of esters is 1. The molecule has 3 aromatic rings. The first-order valence-electron chi connectivity index (χ1n) is 7.74. The minimum atomic E-state index is -0.686. The van der Waals surface area contributed by atoms with Gasteiger partial charge >= 0.3 is 5.97 Å². The Hall–Kier alpha value is -3.28. The van der Waals surface area contributed by atoms with Gasteiger partial charge in [-0.15, -0.1) is 0 Å². The third kappa shape index (κ3) is 3.19. The molecule has 1 aromatic heterocycles. The molecule has 0 aliphatic heterocycles.